The predicted octanol–water partition coefficient (Wildman–Crippen LogP) is -0.288. The molecule has 0 saturated carbocycles. The lowest BCUT2D eigenvalue weighted by molar-refractivity contribution is -0.137. The number of carbonyl (C=O) groups excluding carboxylic acids is 2. The molecule has 4 unspecified atom stereocenters. The molecule has 0 spiro atoms. The Bertz CT molecular complexity index is 710. The van der Waals surface area contributed by atoms with Crippen molar-refractivity contribution in [2.75, 3.05) is 20.3 Å². The number of aliphatic hydroxyl groups excluding tert-OH is 1. The number of carbonyl (C=O) groups is 2. The van der Waals surface area contributed by atoms with Gasteiger partial charge in [-0.2, -0.15) is 0 Å². The van der Waals surface area contributed by atoms with Crippen LogP contribution in [0.2, 0.25) is 0 Å². The molecule has 4 atom stereocenters. The van der Waals surface area contributed by atoms with Gasteiger partial charge in [0.15, 0.2) is 11.5 Å². The normalized spacial score (nSPS) is 37.2. The van der Waals surface area contributed by atoms with Crippen LogP contribution in [-0.4, -0.2) is 65.7 Å². The molecule has 0 aromatic heterocycles. The summed E-state index contributed by atoms with van der Waals surface area (Å²) in [5, 5.41) is 13.4. The van der Waals surface area contributed by atoms with Crippen LogP contribution in [0.3, 0.4) is 0 Å². The Morgan fingerprint density at radius 1 is 1.38 bits per heavy atom. The Morgan fingerprint density at radius 3 is 2.67 bits per heavy atom. The maximum Gasteiger partial charge on any atom is 0.226 e. The van der Waals surface area contributed by atoms with E-state index in [0.717, 1.165) is 0 Å². The molecule has 7 heteroatoms. The zero-order chi connectivity index (χ0) is 17.4. The first-order valence-corrected chi connectivity index (χ1v) is 8.29. The fourth-order valence-corrected chi connectivity index (χ4v) is 4.50. The number of nitrogens with zero attached hydrogens (tertiary/aromatic N) is 1. The monoisotopic (exact) mass is 334 g/mol. The van der Waals surface area contributed by atoms with Gasteiger partial charge in [0, 0.05) is 30.8 Å². The molecule has 2 saturated heterocycles. The van der Waals surface area contributed by atoms with Crippen molar-refractivity contribution in [3.8, 4) is 0 Å². The van der Waals surface area contributed by atoms with Gasteiger partial charge in [0.1, 0.15) is 0 Å². The summed E-state index contributed by atoms with van der Waals surface area (Å²) < 4.78 is 11.4. The third kappa shape index (κ3) is 1.67. The molecule has 130 valence electrons. The van der Waals surface area contributed by atoms with Gasteiger partial charge >= 0.3 is 0 Å². The summed E-state index contributed by atoms with van der Waals surface area (Å²) in [5.74, 6) is -0.991. The largest absolute Gasteiger partial charge is 0.486 e. The molecule has 3 aliphatic heterocycles. The number of fused-ring (bicyclic) bond motifs is 4. The number of ketones is 2. The molecule has 24 heavy (non-hydrogen) atoms. The minimum absolute atomic E-state index is 0.0145. The maximum absolute atomic E-state index is 13.1. The van der Waals surface area contributed by atoms with Crippen molar-refractivity contribution in [2.24, 2.45) is 5.92 Å². The Hall–Kier alpha value is -1.70. The van der Waals surface area contributed by atoms with Crippen molar-refractivity contribution in [1.82, 2.24) is 10.2 Å². The van der Waals surface area contributed by atoms with Crippen LogP contribution in [0.5, 0.6) is 0 Å². The van der Waals surface area contributed by atoms with E-state index >= 15 is 0 Å². The molecule has 0 aromatic rings. The van der Waals surface area contributed by atoms with E-state index in [1.807, 2.05) is 18.7 Å². The summed E-state index contributed by atoms with van der Waals surface area (Å²) in [6.07, 6.45) is -0.214. The van der Waals surface area contributed by atoms with E-state index in [2.05, 4.69) is 5.32 Å². The van der Waals surface area contributed by atoms with Gasteiger partial charge in [-0.3, -0.25) is 9.59 Å². The van der Waals surface area contributed by atoms with Crippen molar-refractivity contribution >= 4 is 11.6 Å². The first-order valence-electron chi connectivity index (χ1n) is 8.29. The highest BCUT2D eigenvalue weighted by atomic mass is 16.5. The lowest BCUT2D eigenvalue weighted by atomic mass is 9.83. The van der Waals surface area contributed by atoms with Gasteiger partial charge in [-0.25, -0.2) is 0 Å². The second kappa shape index (κ2) is 4.91. The van der Waals surface area contributed by atoms with Crippen LogP contribution in [0.15, 0.2) is 22.6 Å². The third-order valence-electron chi connectivity index (χ3n) is 5.52. The molecule has 3 heterocycles. The molecule has 4 aliphatic rings. The SMILES string of the molecule is COC12C(CO)C3=C(C(=O)C(C)=C(OC(C)C)C3=O)N1CC1NC12. The van der Waals surface area contributed by atoms with Crippen LogP contribution in [0.4, 0.5) is 0 Å². The van der Waals surface area contributed by atoms with E-state index < -0.39 is 11.6 Å². The van der Waals surface area contributed by atoms with Crippen molar-refractivity contribution in [1.29, 1.82) is 0 Å². The number of hydrogen-bond donors (Lipinski definition) is 2. The first-order chi connectivity index (χ1) is 11.4. The van der Waals surface area contributed by atoms with E-state index in [-0.39, 0.29) is 42.1 Å². The van der Waals surface area contributed by atoms with Crippen LogP contribution < -0.4 is 5.32 Å². The average Bonchev–Trinajstić information content (AvgIpc) is 3.15. The Balaban J connectivity index is 1.84. The van der Waals surface area contributed by atoms with Crippen LogP contribution in [0, 0.1) is 5.92 Å². The maximum atomic E-state index is 13.1. The summed E-state index contributed by atoms with van der Waals surface area (Å²) in [4.78, 5) is 27.9. The van der Waals surface area contributed by atoms with Crippen molar-refractivity contribution in [2.45, 2.75) is 44.7 Å². The number of methoxy groups -OCH3 is 1. The number of hydrogen-bond acceptors (Lipinski definition) is 7. The topological polar surface area (TPSA) is 98.0 Å². The molecular formula is C17H22N2O5. The zero-order valence-corrected chi connectivity index (χ0v) is 14.3. The van der Waals surface area contributed by atoms with Crippen LogP contribution in [0.25, 0.3) is 0 Å². The highest BCUT2D eigenvalue weighted by Crippen LogP contribution is 2.55. The van der Waals surface area contributed by atoms with Crippen molar-refractivity contribution in [3.63, 3.8) is 0 Å². The second-order valence-electron chi connectivity index (χ2n) is 7.09. The minimum atomic E-state index is -0.872. The van der Waals surface area contributed by atoms with E-state index in [1.165, 1.54) is 0 Å². The summed E-state index contributed by atoms with van der Waals surface area (Å²) in [5.41, 5.74) is 0.161. The van der Waals surface area contributed by atoms with Crippen molar-refractivity contribution < 1.29 is 24.2 Å². The molecule has 4 rings (SSSR count). The van der Waals surface area contributed by atoms with Gasteiger partial charge in [0.2, 0.25) is 11.6 Å². The molecule has 0 radical (unpaired) electrons. The van der Waals surface area contributed by atoms with Gasteiger partial charge in [-0.05, 0) is 20.8 Å². The van der Waals surface area contributed by atoms with Crippen LogP contribution in [0.1, 0.15) is 20.8 Å². The first kappa shape index (κ1) is 15.8. The lowest BCUT2D eigenvalue weighted by Crippen LogP contribution is -2.54. The minimum Gasteiger partial charge on any atom is -0.486 e. The number of ether oxygens (including phenoxy) is 2. The molecule has 1 aliphatic carbocycles. The number of allylic oxidation sites excluding steroid dienone is 2. The van der Waals surface area contributed by atoms with E-state index in [1.54, 1.807) is 14.0 Å². The fraction of sp³-hybridized carbons (Fsp3) is 0.647. The van der Waals surface area contributed by atoms with E-state index in [9.17, 15) is 14.7 Å². The molecular weight excluding hydrogens is 312 g/mol. The molecule has 2 fully saturated rings. The fourth-order valence-electron chi connectivity index (χ4n) is 4.50. The molecule has 0 bridgehead atoms. The predicted molar refractivity (Wildman–Crippen MR) is 83.7 cm³/mol. The highest BCUT2D eigenvalue weighted by Gasteiger charge is 2.72. The highest BCUT2D eigenvalue weighted by molar-refractivity contribution is 6.25. The lowest BCUT2D eigenvalue weighted by Gasteiger charge is -2.39. The van der Waals surface area contributed by atoms with Crippen LogP contribution in [-0.2, 0) is 19.1 Å². The number of Topliss-reactive ketones (excluding diaryl/α,β-unsaturated/α-hetero) is 2. The summed E-state index contributed by atoms with van der Waals surface area (Å²) in [7, 11) is 1.57. The smallest absolute Gasteiger partial charge is 0.226 e. The van der Waals surface area contributed by atoms with Gasteiger partial charge in [-0.15, -0.1) is 0 Å². The van der Waals surface area contributed by atoms with Gasteiger partial charge in [0.25, 0.3) is 0 Å². The Kier molecular flexibility index (Phi) is 3.23. The van der Waals surface area contributed by atoms with E-state index in [0.29, 0.717) is 23.4 Å². The molecule has 0 aromatic carbocycles. The number of aliphatic hydroxyl groups is 1. The van der Waals surface area contributed by atoms with Crippen molar-refractivity contribution in [3.05, 3.63) is 22.6 Å². The van der Waals surface area contributed by atoms with Gasteiger partial charge in [-0.1, -0.05) is 0 Å². The second-order valence-corrected chi connectivity index (χ2v) is 7.09. The molecule has 2 N–H and O–H groups in total. The molecule has 0 amide bonds. The average molecular weight is 334 g/mol. The van der Waals surface area contributed by atoms with Gasteiger partial charge in [0.05, 0.1) is 30.4 Å². The summed E-state index contributed by atoms with van der Waals surface area (Å²) >= 11 is 0. The van der Waals surface area contributed by atoms with Crippen LogP contribution >= 0.6 is 0 Å². The zero-order valence-electron chi connectivity index (χ0n) is 14.3. The Morgan fingerprint density at radius 2 is 2.08 bits per heavy atom. The summed E-state index contributed by atoms with van der Waals surface area (Å²) in [6.45, 7) is 5.58. The molecule has 7 nitrogen and oxygen atoms in total. The van der Waals surface area contributed by atoms with Gasteiger partial charge < -0.3 is 24.8 Å². The quantitative estimate of drug-likeness (QED) is 0.538. The number of nitrogens with one attached hydrogen (secondary N) is 1. The number of rotatable bonds is 4. The third-order valence-corrected chi connectivity index (χ3v) is 5.52. The number of piperazine rings is 1. The Labute approximate surface area is 140 Å². The van der Waals surface area contributed by atoms with E-state index in [4.69, 9.17) is 9.47 Å². The summed E-state index contributed by atoms with van der Waals surface area (Å²) in [6, 6.07) is 0.245. The standard InChI is InChI=1S/C17H22N2O5/c1-7(2)24-15-8(3)13(21)12-11(14(15)22)9(6-20)17(23-4)16-10(18-16)5-19(12)17/h7,9-10,16,18,20H,5-6H2,1-4H3.